The standard InChI is InChI=1S/C78H50F6N2/c1-3-49-19-27-53(28-20-49)77(55-31-35-57(79)36-32-55)67-13-7-5-11-63(67)65-45-43-61(47-69(65)77)85(73-17-9-15-71(81)75(73)83)59-39-23-51(24-40-59)52-25-41-60(42-26-52)86(74-18-10-16-72(82)76(74)84)62-44-46-66-64-12-6-8-14-68(64)78(70(66)48-62,56-33-37-58(80)38-34-56)54-29-21-50(4-2)22-30-54/h3-48H,1-2H2. The first kappa shape index (κ1) is 53.3. The lowest BCUT2D eigenvalue weighted by molar-refractivity contribution is 0.510. The monoisotopic (exact) mass is 1130 g/mol. The summed E-state index contributed by atoms with van der Waals surface area (Å²) in [4.78, 5) is 3.40. The van der Waals surface area contributed by atoms with Crippen molar-refractivity contribution in [2.75, 3.05) is 9.80 Å². The Balaban J connectivity index is 0.875. The third kappa shape index (κ3) is 8.42. The minimum Gasteiger partial charge on any atom is -0.308 e. The molecule has 0 saturated heterocycles. The summed E-state index contributed by atoms with van der Waals surface area (Å²) >= 11 is 0. The fourth-order valence-electron chi connectivity index (χ4n) is 13.3. The third-order valence-electron chi connectivity index (χ3n) is 17.2. The predicted octanol–water partition coefficient (Wildman–Crippen LogP) is 21.1. The van der Waals surface area contributed by atoms with Crippen molar-refractivity contribution in [1.29, 1.82) is 0 Å². The van der Waals surface area contributed by atoms with E-state index in [-0.39, 0.29) is 23.0 Å². The molecule has 2 aliphatic carbocycles. The summed E-state index contributed by atoms with van der Waals surface area (Å²) in [6.45, 7) is 7.95. The Labute approximate surface area is 494 Å². The summed E-state index contributed by atoms with van der Waals surface area (Å²) in [7, 11) is 0. The van der Waals surface area contributed by atoms with Crippen LogP contribution in [-0.4, -0.2) is 0 Å². The van der Waals surface area contributed by atoms with Gasteiger partial charge in [-0.3, -0.25) is 0 Å². The first-order chi connectivity index (χ1) is 42.0. The third-order valence-corrected chi connectivity index (χ3v) is 17.2. The summed E-state index contributed by atoms with van der Waals surface area (Å²) in [5, 5.41) is 0. The molecule has 0 radical (unpaired) electrons. The van der Waals surface area contributed by atoms with E-state index < -0.39 is 34.1 Å². The van der Waals surface area contributed by atoms with Crippen molar-refractivity contribution >= 4 is 46.3 Å². The van der Waals surface area contributed by atoms with Crippen molar-refractivity contribution in [2.24, 2.45) is 0 Å². The second-order valence-electron chi connectivity index (χ2n) is 21.6. The Bertz CT molecular complexity index is 4320. The zero-order chi connectivity index (χ0) is 58.8. The van der Waals surface area contributed by atoms with E-state index >= 15 is 17.6 Å². The number of benzene rings is 12. The number of nitrogens with zero attached hydrogens (tertiary/aromatic N) is 2. The van der Waals surface area contributed by atoms with E-state index in [1.165, 1.54) is 36.4 Å². The van der Waals surface area contributed by atoms with Crippen molar-refractivity contribution in [3.05, 3.63) is 371 Å². The fourth-order valence-corrected chi connectivity index (χ4v) is 13.3. The first-order valence-electron chi connectivity index (χ1n) is 28.2. The van der Waals surface area contributed by atoms with Crippen LogP contribution in [-0.2, 0) is 10.8 Å². The lowest BCUT2D eigenvalue weighted by Crippen LogP contribution is -2.29. The molecule has 2 atom stereocenters. The number of fused-ring (bicyclic) bond motifs is 6. The summed E-state index contributed by atoms with van der Waals surface area (Å²) in [6, 6.07) is 80.7. The first-order valence-corrected chi connectivity index (χ1v) is 28.2. The minimum atomic E-state index is -1.03. The Kier molecular flexibility index (Phi) is 13.1. The van der Waals surface area contributed by atoms with Crippen molar-refractivity contribution in [3.63, 3.8) is 0 Å². The maximum Gasteiger partial charge on any atom is 0.182 e. The van der Waals surface area contributed by atoms with Crippen LogP contribution in [0.5, 0.6) is 0 Å². The number of hydrogen-bond acceptors (Lipinski definition) is 2. The summed E-state index contributed by atoms with van der Waals surface area (Å²) < 4.78 is 93.6. The van der Waals surface area contributed by atoms with Crippen LogP contribution in [0.4, 0.5) is 60.5 Å². The molecule has 0 spiro atoms. The molecule has 0 saturated carbocycles. The number of hydrogen-bond donors (Lipinski definition) is 0. The molecule has 0 heterocycles. The van der Waals surface area contributed by atoms with Crippen LogP contribution < -0.4 is 9.80 Å². The number of halogens is 6. The highest BCUT2D eigenvalue weighted by Crippen LogP contribution is 2.59. The Morgan fingerprint density at radius 2 is 0.616 bits per heavy atom. The van der Waals surface area contributed by atoms with Gasteiger partial charge in [0.25, 0.3) is 0 Å². The molecule has 0 fully saturated rings. The van der Waals surface area contributed by atoms with E-state index in [1.807, 2.05) is 133 Å². The molecular formula is C78H50F6N2. The quantitative estimate of drug-likeness (QED) is 0.106. The van der Waals surface area contributed by atoms with Gasteiger partial charge in [0.15, 0.2) is 23.3 Å². The Hall–Kier alpha value is -10.7. The van der Waals surface area contributed by atoms with Crippen LogP contribution in [0, 0.1) is 34.9 Å². The molecule has 2 unspecified atom stereocenters. The Morgan fingerprint density at radius 1 is 0.291 bits per heavy atom. The van der Waals surface area contributed by atoms with Gasteiger partial charge in [-0.2, -0.15) is 0 Å². The molecule has 12 aromatic carbocycles. The van der Waals surface area contributed by atoms with Gasteiger partial charge in [0.05, 0.1) is 22.2 Å². The van der Waals surface area contributed by atoms with E-state index in [2.05, 4.69) is 61.7 Å². The number of anilines is 6. The van der Waals surface area contributed by atoms with Crippen LogP contribution in [0.3, 0.4) is 0 Å². The minimum absolute atomic E-state index is 0.0131. The molecule has 2 aliphatic rings. The highest BCUT2D eigenvalue weighted by molar-refractivity contribution is 5.92. The van der Waals surface area contributed by atoms with E-state index in [1.54, 1.807) is 58.4 Å². The zero-order valence-corrected chi connectivity index (χ0v) is 46.1. The van der Waals surface area contributed by atoms with Crippen LogP contribution in [0.2, 0.25) is 0 Å². The van der Waals surface area contributed by atoms with Crippen LogP contribution in [0.15, 0.2) is 280 Å². The molecule has 0 bridgehead atoms. The van der Waals surface area contributed by atoms with Crippen LogP contribution in [0.25, 0.3) is 45.5 Å². The van der Waals surface area contributed by atoms with Crippen molar-refractivity contribution in [3.8, 4) is 33.4 Å². The van der Waals surface area contributed by atoms with Gasteiger partial charge in [-0.25, -0.2) is 26.3 Å². The molecular weight excluding hydrogens is 1080 g/mol. The van der Waals surface area contributed by atoms with Crippen molar-refractivity contribution in [2.45, 2.75) is 10.8 Å². The molecule has 0 aliphatic heterocycles. The molecule has 414 valence electrons. The molecule has 0 aromatic heterocycles. The molecule has 14 rings (SSSR count). The second-order valence-corrected chi connectivity index (χ2v) is 21.6. The largest absolute Gasteiger partial charge is 0.308 e. The molecule has 0 N–H and O–H groups in total. The highest BCUT2D eigenvalue weighted by Gasteiger charge is 2.48. The smallest absolute Gasteiger partial charge is 0.182 e. The van der Waals surface area contributed by atoms with Gasteiger partial charge >= 0.3 is 0 Å². The van der Waals surface area contributed by atoms with Gasteiger partial charge in [0.2, 0.25) is 0 Å². The Morgan fingerprint density at radius 3 is 0.977 bits per heavy atom. The van der Waals surface area contributed by atoms with Gasteiger partial charge in [0.1, 0.15) is 11.6 Å². The SMILES string of the molecule is C=Cc1ccc(C2(c3ccc(F)cc3)c3ccccc3-c3ccc(N(c4ccc(-c5ccc(N(c6ccc7c(c6)C(c6ccc(F)cc6)(c6ccc(C=C)cc6)c6ccccc6-7)c6cccc(F)c6F)cc5)cc4)c4cccc(F)c4F)cc32)cc1. The van der Waals surface area contributed by atoms with Gasteiger partial charge in [-0.1, -0.05) is 195 Å². The molecule has 86 heavy (non-hydrogen) atoms. The average molecular weight is 1130 g/mol. The lowest BCUT2D eigenvalue weighted by Gasteiger charge is -2.35. The van der Waals surface area contributed by atoms with Crippen molar-refractivity contribution in [1.82, 2.24) is 0 Å². The predicted molar refractivity (Wildman–Crippen MR) is 336 cm³/mol. The number of rotatable bonds is 13. The van der Waals surface area contributed by atoms with Gasteiger partial charge in [-0.15, -0.1) is 0 Å². The van der Waals surface area contributed by atoms with E-state index in [0.29, 0.717) is 22.7 Å². The maximum absolute atomic E-state index is 16.5. The molecule has 12 aromatic rings. The lowest BCUT2D eigenvalue weighted by atomic mass is 9.67. The second kappa shape index (κ2) is 21.2. The summed E-state index contributed by atoms with van der Waals surface area (Å²) in [5.41, 5.74) is 14.7. The van der Waals surface area contributed by atoms with E-state index in [4.69, 9.17) is 0 Å². The van der Waals surface area contributed by atoms with Crippen LogP contribution in [0.1, 0.15) is 55.6 Å². The molecule has 0 amide bonds. The zero-order valence-electron chi connectivity index (χ0n) is 46.1. The van der Waals surface area contributed by atoms with Gasteiger partial charge < -0.3 is 9.80 Å². The summed E-state index contributed by atoms with van der Waals surface area (Å²) in [5.74, 6) is -4.83. The molecule has 8 heteroatoms. The summed E-state index contributed by atoms with van der Waals surface area (Å²) in [6.07, 6.45) is 3.56. The normalized spacial score (nSPS) is 15.3. The van der Waals surface area contributed by atoms with Crippen LogP contribution >= 0.6 is 0 Å². The van der Waals surface area contributed by atoms with Crippen molar-refractivity contribution < 1.29 is 26.3 Å². The van der Waals surface area contributed by atoms with E-state index in [0.717, 1.165) is 101 Å². The van der Waals surface area contributed by atoms with Gasteiger partial charge in [0, 0.05) is 22.7 Å². The average Bonchev–Trinajstić information content (AvgIpc) is 1.54. The van der Waals surface area contributed by atoms with E-state index in [9.17, 15) is 8.78 Å². The highest BCUT2D eigenvalue weighted by atomic mass is 19.2. The van der Waals surface area contributed by atoms with Gasteiger partial charge in [-0.05, 0) is 186 Å². The fraction of sp³-hybridized carbons (Fsp3) is 0.0256. The molecule has 2 nitrogen and oxygen atoms in total. The maximum atomic E-state index is 16.5. The topological polar surface area (TPSA) is 6.48 Å².